The average Bonchev–Trinajstić information content (AvgIpc) is 3.12. The zero-order valence-electron chi connectivity index (χ0n) is 17.6. The number of sulfone groups is 1. The number of alkyl halides is 3. The molecule has 178 valence electrons. The lowest BCUT2D eigenvalue weighted by molar-refractivity contribution is -0.136. The van der Waals surface area contributed by atoms with Gasteiger partial charge in [0.05, 0.1) is 20.9 Å². The van der Waals surface area contributed by atoms with E-state index in [-0.39, 0.29) is 10.4 Å². The highest BCUT2D eigenvalue weighted by molar-refractivity contribution is 7.91. The summed E-state index contributed by atoms with van der Waals surface area (Å²) in [6.45, 7) is 1.16. The number of aryl methyl sites for hydroxylation is 1. The van der Waals surface area contributed by atoms with Gasteiger partial charge in [0.15, 0.2) is 0 Å². The molecule has 0 unspecified atom stereocenters. The van der Waals surface area contributed by atoms with E-state index in [1.807, 2.05) is 0 Å². The topological polar surface area (TPSA) is 97.3 Å². The first-order chi connectivity index (χ1) is 15.4. The first kappa shape index (κ1) is 23.7. The second-order valence-electron chi connectivity index (χ2n) is 7.90. The van der Waals surface area contributed by atoms with Gasteiger partial charge in [-0.1, -0.05) is 18.2 Å². The number of hydrogen-bond donors (Lipinski definition) is 2. The van der Waals surface area contributed by atoms with Gasteiger partial charge in [-0.2, -0.15) is 13.2 Å². The van der Waals surface area contributed by atoms with Crippen molar-refractivity contribution in [3.8, 4) is 0 Å². The molecular formula is C21H22F3N3O4S2. The molecule has 4 rings (SSSR count). The van der Waals surface area contributed by atoms with E-state index < -0.39 is 52.8 Å². The van der Waals surface area contributed by atoms with E-state index >= 15 is 0 Å². The van der Waals surface area contributed by atoms with Crippen LogP contribution in [0.2, 0.25) is 0 Å². The second-order valence-corrected chi connectivity index (χ2v) is 11.5. The Morgan fingerprint density at radius 1 is 0.970 bits per heavy atom. The molecular weight excluding hydrogens is 479 g/mol. The van der Waals surface area contributed by atoms with Crippen LogP contribution in [-0.4, -0.2) is 40.5 Å². The number of benzene rings is 2. The Hall–Kier alpha value is -2.41. The van der Waals surface area contributed by atoms with Gasteiger partial charge < -0.3 is 9.88 Å². The predicted octanol–water partition coefficient (Wildman–Crippen LogP) is 3.06. The molecule has 33 heavy (non-hydrogen) atoms. The van der Waals surface area contributed by atoms with E-state index in [0.717, 1.165) is 16.8 Å². The summed E-state index contributed by atoms with van der Waals surface area (Å²) >= 11 is 0. The average molecular weight is 502 g/mol. The molecule has 3 aromatic rings. The van der Waals surface area contributed by atoms with Gasteiger partial charge in [-0.05, 0) is 50.2 Å². The van der Waals surface area contributed by atoms with E-state index in [1.165, 1.54) is 31.3 Å². The molecule has 1 fully saturated rings. The summed E-state index contributed by atoms with van der Waals surface area (Å²) in [5.41, 5.74) is -1.53. The summed E-state index contributed by atoms with van der Waals surface area (Å²) in [6.07, 6.45) is -2.88. The zero-order chi connectivity index (χ0) is 24.0. The van der Waals surface area contributed by atoms with E-state index in [9.17, 15) is 30.0 Å². The molecule has 2 N–H and O–H groups in total. The van der Waals surface area contributed by atoms with Crippen LogP contribution in [0.5, 0.6) is 0 Å². The minimum absolute atomic E-state index is 0.107. The van der Waals surface area contributed by atoms with Crippen molar-refractivity contribution in [2.24, 2.45) is 7.05 Å². The molecule has 0 spiro atoms. The molecule has 1 aromatic heterocycles. The lowest BCUT2D eigenvalue weighted by Crippen LogP contribution is -2.42. The summed E-state index contributed by atoms with van der Waals surface area (Å²) in [7, 11) is -7.26. The minimum Gasteiger partial charge on any atom is -0.348 e. The number of sulfonamides is 1. The van der Waals surface area contributed by atoms with Gasteiger partial charge >= 0.3 is 6.18 Å². The third kappa shape index (κ3) is 4.39. The number of piperidine rings is 1. The SMILES string of the molecule is Cn1cc(S(=O)(=O)NC2CCNCC2)c2c(C(F)(F)F)ccc(S(=O)(=O)c3ccccc3)c21. The maximum Gasteiger partial charge on any atom is 0.417 e. The van der Waals surface area contributed by atoms with Crippen LogP contribution in [0.4, 0.5) is 13.2 Å². The molecule has 1 saturated heterocycles. The van der Waals surface area contributed by atoms with Gasteiger partial charge in [0.25, 0.3) is 0 Å². The largest absolute Gasteiger partial charge is 0.417 e. The Kier molecular flexibility index (Phi) is 6.06. The number of nitrogens with one attached hydrogen (secondary N) is 2. The fraction of sp³-hybridized carbons (Fsp3) is 0.333. The fourth-order valence-corrected chi connectivity index (χ4v) is 7.17. The number of rotatable bonds is 5. The molecule has 0 saturated carbocycles. The molecule has 1 aliphatic rings. The molecule has 12 heteroatoms. The zero-order valence-corrected chi connectivity index (χ0v) is 19.2. The molecule has 7 nitrogen and oxygen atoms in total. The molecule has 0 amide bonds. The summed E-state index contributed by atoms with van der Waals surface area (Å²) < 4.78 is 98.3. The first-order valence-electron chi connectivity index (χ1n) is 10.2. The smallest absolute Gasteiger partial charge is 0.348 e. The molecule has 0 atom stereocenters. The Balaban J connectivity index is 1.98. The number of halogens is 3. The van der Waals surface area contributed by atoms with Crippen LogP contribution in [-0.2, 0) is 33.1 Å². The van der Waals surface area contributed by atoms with Crippen molar-refractivity contribution in [2.45, 2.75) is 39.7 Å². The third-order valence-corrected chi connectivity index (χ3v) is 8.98. The van der Waals surface area contributed by atoms with Crippen LogP contribution >= 0.6 is 0 Å². The number of hydrogen-bond acceptors (Lipinski definition) is 5. The van der Waals surface area contributed by atoms with Crippen molar-refractivity contribution in [3.05, 3.63) is 54.2 Å². The highest BCUT2D eigenvalue weighted by Gasteiger charge is 2.39. The van der Waals surface area contributed by atoms with E-state index in [2.05, 4.69) is 10.0 Å². The van der Waals surface area contributed by atoms with E-state index in [1.54, 1.807) is 6.07 Å². The van der Waals surface area contributed by atoms with E-state index in [0.29, 0.717) is 32.0 Å². The first-order valence-corrected chi connectivity index (χ1v) is 13.1. The van der Waals surface area contributed by atoms with Crippen LogP contribution in [0.3, 0.4) is 0 Å². The lowest BCUT2D eigenvalue weighted by atomic mass is 10.1. The monoisotopic (exact) mass is 501 g/mol. The molecule has 0 bridgehead atoms. The van der Waals surface area contributed by atoms with Crippen LogP contribution in [0, 0.1) is 0 Å². The van der Waals surface area contributed by atoms with Crippen molar-refractivity contribution in [3.63, 3.8) is 0 Å². The van der Waals surface area contributed by atoms with Crippen molar-refractivity contribution in [1.82, 2.24) is 14.6 Å². The molecule has 0 aliphatic carbocycles. The van der Waals surface area contributed by atoms with Crippen molar-refractivity contribution < 1.29 is 30.0 Å². The van der Waals surface area contributed by atoms with Crippen LogP contribution in [0.25, 0.3) is 10.9 Å². The highest BCUT2D eigenvalue weighted by Crippen LogP contribution is 2.42. The number of fused-ring (bicyclic) bond motifs is 1. The quantitative estimate of drug-likeness (QED) is 0.560. The number of aromatic nitrogens is 1. The van der Waals surface area contributed by atoms with Gasteiger partial charge in [-0.15, -0.1) is 0 Å². The van der Waals surface area contributed by atoms with Gasteiger partial charge in [0.2, 0.25) is 19.9 Å². The summed E-state index contributed by atoms with van der Waals surface area (Å²) in [5, 5.41) is 2.42. The van der Waals surface area contributed by atoms with Gasteiger partial charge in [0.1, 0.15) is 4.90 Å². The fourth-order valence-electron chi connectivity index (χ4n) is 4.08. The molecule has 0 radical (unpaired) electrons. The number of nitrogens with zero attached hydrogens (tertiary/aromatic N) is 1. The summed E-state index contributed by atoms with van der Waals surface area (Å²) in [5.74, 6) is 0. The highest BCUT2D eigenvalue weighted by atomic mass is 32.2. The minimum atomic E-state index is -4.90. The Morgan fingerprint density at radius 3 is 2.21 bits per heavy atom. The summed E-state index contributed by atoms with van der Waals surface area (Å²) in [4.78, 5) is -1.11. The van der Waals surface area contributed by atoms with Crippen LogP contribution in [0.1, 0.15) is 18.4 Å². The maximum atomic E-state index is 13.9. The second kappa shape index (κ2) is 8.42. The van der Waals surface area contributed by atoms with E-state index in [4.69, 9.17) is 0 Å². The molecule has 1 aliphatic heterocycles. The Labute approximate surface area is 189 Å². The van der Waals surface area contributed by atoms with Crippen molar-refractivity contribution in [1.29, 1.82) is 0 Å². The third-order valence-electron chi connectivity index (χ3n) is 5.65. The predicted molar refractivity (Wildman–Crippen MR) is 116 cm³/mol. The summed E-state index contributed by atoms with van der Waals surface area (Å²) in [6, 6.07) is 8.34. The standard InChI is InChI=1S/C21H22F3N3O4S2/c1-27-13-18(33(30,31)26-14-9-11-25-12-10-14)19-16(21(22,23)24)7-8-17(20(19)27)32(28,29)15-5-3-2-4-6-15/h2-8,13-14,25-26H,9-12H2,1H3. The van der Waals surface area contributed by atoms with Crippen LogP contribution in [0.15, 0.2) is 63.3 Å². The van der Waals surface area contributed by atoms with Crippen molar-refractivity contribution >= 4 is 30.8 Å². The van der Waals surface area contributed by atoms with Gasteiger partial charge in [-0.3, -0.25) is 0 Å². The Morgan fingerprint density at radius 2 is 1.61 bits per heavy atom. The molecule has 2 heterocycles. The van der Waals surface area contributed by atoms with Crippen molar-refractivity contribution in [2.75, 3.05) is 13.1 Å². The normalized spacial score (nSPS) is 16.4. The molecule has 2 aromatic carbocycles. The maximum absolute atomic E-state index is 13.9. The Bertz CT molecular complexity index is 1390. The van der Waals surface area contributed by atoms with Crippen LogP contribution < -0.4 is 10.0 Å². The lowest BCUT2D eigenvalue weighted by Gasteiger charge is -2.23. The van der Waals surface area contributed by atoms with Gasteiger partial charge in [0, 0.05) is 24.7 Å². The van der Waals surface area contributed by atoms with Gasteiger partial charge in [-0.25, -0.2) is 21.6 Å².